The molecule has 4 heterocycles. The Kier molecular flexibility index (Phi) is 4.86. The minimum Gasteiger partial charge on any atom is -0.356 e. The van der Waals surface area contributed by atoms with Crippen molar-refractivity contribution in [3.05, 3.63) is 71.8 Å². The minimum atomic E-state index is 0.390. The van der Waals surface area contributed by atoms with E-state index < -0.39 is 0 Å². The molecule has 3 aromatic heterocycles. The number of aromatic nitrogens is 6. The number of nitrogens with zero attached hydrogens (tertiary/aromatic N) is 6. The monoisotopic (exact) mass is 423 g/mol. The van der Waals surface area contributed by atoms with Crippen LogP contribution in [0.2, 0.25) is 0 Å². The molecule has 1 N–H and O–H groups in total. The number of nitrogens with one attached hydrogen (secondary N) is 1. The number of H-pyrrole nitrogens is 1. The van der Waals surface area contributed by atoms with E-state index in [0.29, 0.717) is 5.92 Å². The van der Waals surface area contributed by atoms with E-state index in [9.17, 15) is 0 Å². The van der Waals surface area contributed by atoms with E-state index in [-0.39, 0.29) is 0 Å². The van der Waals surface area contributed by atoms with Crippen molar-refractivity contribution >= 4 is 5.82 Å². The smallest absolute Gasteiger partial charge is 0.181 e. The summed E-state index contributed by atoms with van der Waals surface area (Å²) in [5.74, 6) is 4.00. The van der Waals surface area contributed by atoms with E-state index in [0.717, 1.165) is 79.7 Å². The van der Waals surface area contributed by atoms with Crippen molar-refractivity contribution < 1.29 is 0 Å². The molecule has 1 aromatic carbocycles. The molecule has 0 unspecified atom stereocenters. The first-order valence-corrected chi connectivity index (χ1v) is 11.4. The molecule has 0 radical (unpaired) electrons. The van der Waals surface area contributed by atoms with E-state index in [2.05, 4.69) is 20.1 Å². The molecule has 1 saturated heterocycles. The summed E-state index contributed by atoms with van der Waals surface area (Å²) in [6, 6.07) is 16.0. The lowest BCUT2D eigenvalue weighted by Crippen LogP contribution is -2.34. The molecular formula is C25H25N7. The number of aromatic amines is 1. The Labute approximate surface area is 187 Å². The maximum absolute atomic E-state index is 5.00. The molecule has 4 aromatic rings. The van der Waals surface area contributed by atoms with Gasteiger partial charge in [-0.15, -0.1) is 0 Å². The topological polar surface area (TPSA) is 83.5 Å². The van der Waals surface area contributed by atoms with Crippen LogP contribution >= 0.6 is 0 Å². The van der Waals surface area contributed by atoms with Crippen LogP contribution in [0.3, 0.4) is 0 Å². The molecule has 0 saturated carbocycles. The van der Waals surface area contributed by atoms with Gasteiger partial charge in [-0.3, -0.25) is 10.1 Å². The van der Waals surface area contributed by atoms with Crippen LogP contribution in [-0.2, 0) is 12.8 Å². The largest absolute Gasteiger partial charge is 0.356 e. The molecule has 160 valence electrons. The van der Waals surface area contributed by atoms with Gasteiger partial charge in [0, 0.05) is 42.0 Å². The number of fused-ring (bicyclic) bond motifs is 1. The molecule has 6 rings (SSSR count). The summed E-state index contributed by atoms with van der Waals surface area (Å²) < 4.78 is 0. The second-order valence-electron chi connectivity index (χ2n) is 8.54. The fourth-order valence-electron chi connectivity index (χ4n) is 4.82. The molecule has 7 heteroatoms. The number of rotatable bonds is 4. The standard InChI is InChI=1S/C25H25N7/c1-2-7-17(8-3-1)22-28-23(31-30-22)18-12-15-32(16-13-18)25-19-9-6-11-20(19)27-24(29-25)21-10-4-5-14-26-21/h1-5,7-8,10,14,18H,6,9,11-13,15-16H2,(H,28,30,31). The van der Waals surface area contributed by atoms with Gasteiger partial charge in [0.1, 0.15) is 17.3 Å². The Balaban J connectivity index is 1.22. The third kappa shape index (κ3) is 3.53. The van der Waals surface area contributed by atoms with Gasteiger partial charge in [0.05, 0.1) is 0 Å². The molecule has 0 atom stereocenters. The third-order valence-electron chi connectivity index (χ3n) is 6.52. The fourth-order valence-corrected chi connectivity index (χ4v) is 4.82. The third-order valence-corrected chi connectivity index (χ3v) is 6.52. The molecule has 1 aliphatic heterocycles. The summed E-state index contributed by atoms with van der Waals surface area (Å²) in [6.07, 6.45) is 7.11. The lowest BCUT2D eigenvalue weighted by Gasteiger charge is -2.33. The van der Waals surface area contributed by atoms with Crippen LogP contribution in [0, 0.1) is 0 Å². The highest BCUT2D eigenvalue weighted by Crippen LogP contribution is 2.35. The second-order valence-corrected chi connectivity index (χ2v) is 8.54. The van der Waals surface area contributed by atoms with Crippen LogP contribution in [0.5, 0.6) is 0 Å². The predicted octanol–water partition coefficient (Wildman–Crippen LogP) is 4.20. The van der Waals surface area contributed by atoms with Crippen molar-refractivity contribution in [3.8, 4) is 22.9 Å². The first kappa shape index (κ1) is 19.1. The minimum absolute atomic E-state index is 0.390. The predicted molar refractivity (Wildman–Crippen MR) is 123 cm³/mol. The SMILES string of the molecule is c1ccc(-c2n[nH]c(C3CCN(c4nc(-c5ccccn5)nc5c4CCC5)CC3)n2)cc1. The zero-order chi connectivity index (χ0) is 21.3. The van der Waals surface area contributed by atoms with Gasteiger partial charge in [-0.2, -0.15) is 5.10 Å². The molecule has 0 amide bonds. The van der Waals surface area contributed by atoms with Crippen LogP contribution < -0.4 is 4.90 Å². The van der Waals surface area contributed by atoms with Gasteiger partial charge < -0.3 is 4.90 Å². The number of anilines is 1. The van der Waals surface area contributed by atoms with Crippen molar-refractivity contribution in [1.82, 2.24) is 30.1 Å². The molecule has 1 aliphatic carbocycles. The molecular weight excluding hydrogens is 398 g/mol. The summed E-state index contributed by atoms with van der Waals surface area (Å²) in [6.45, 7) is 1.91. The van der Waals surface area contributed by atoms with Crippen LogP contribution in [-0.4, -0.2) is 43.2 Å². The van der Waals surface area contributed by atoms with E-state index in [1.54, 1.807) is 6.20 Å². The summed E-state index contributed by atoms with van der Waals surface area (Å²) in [7, 11) is 0. The lowest BCUT2D eigenvalue weighted by atomic mass is 9.96. The zero-order valence-electron chi connectivity index (χ0n) is 17.9. The van der Waals surface area contributed by atoms with Gasteiger partial charge in [-0.05, 0) is 44.2 Å². The first-order chi connectivity index (χ1) is 15.8. The van der Waals surface area contributed by atoms with Gasteiger partial charge in [-0.1, -0.05) is 36.4 Å². The van der Waals surface area contributed by atoms with Crippen LogP contribution in [0.15, 0.2) is 54.7 Å². The Morgan fingerprint density at radius 1 is 0.844 bits per heavy atom. The Morgan fingerprint density at radius 3 is 2.50 bits per heavy atom. The molecule has 0 spiro atoms. The Morgan fingerprint density at radius 2 is 1.69 bits per heavy atom. The van der Waals surface area contributed by atoms with Gasteiger partial charge in [-0.25, -0.2) is 15.0 Å². The number of benzene rings is 1. The van der Waals surface area contributed by atoms with Crippen molar-refractivity contribution in [1.29, 1.82) is 0 Å². The van der Waals surface area contributed by atoms with Crippen molar-refractivity contribution in [2.75, 3.05) is 18.0 Å². The number of hydrogen-bond donors (Lipinski definition) is 1. The number of piperidine rings is 1. The Hall–Kier alpha value is -3.61. The van der Waals surface area contributed by atoms with Crippen LogP contribution in [0.25, 0.3) is 22.9 Å². The zero-order valence-corrected chi connectivity index (χ0v) is 17.9. The van der Waals surface area contributed by atoms with Gasteiger partial charge >= 0.3 is 0 Å². The first-order valence-electron chi connectivity index (χ1n) is 11.4. The molecule has 0 bridgehead atoms. The average Bonchev–Trinajstić information content (AvgIpc) is 3.55. The molecule has 7 nitrogen and oxygen atoms in total. The van der Waals surface area contributed by atoms with Gasteiger partial charge in [0.15, 0.2) is 11.6 Å². The molecule has 32 heavy (non-hydrogen) atoms. The highest BCUT2D eigenvalue weighted by molar-refractivity contribution is 5.59. The lowest BCUT2D eigenvalue weighted by molar-refractivity contribution is 0.484. The van der Waals surface area contributed by atoms with Crippen LogP contribution in [0.4, 0.5) is 5.82 Å². The van der Waals surface area contributed by atoms with E-state index in [1.165, 1.54) is 11.3 Å². The highest BCUT2D eigenvalue weighted by Gasteiger charge is 2.28. The van der Waals surface area contributed by atoms with Crippen LogP contribution in [0.1, 0.15) is 42.3 Å². The average molecular weight is 424 g/mol. The molecule has 2 aliphatic rings. The quantitative estimate of drug-likeness (QED) is 0.530. The normalized spacial score (nSPS) is 16.3. The number of hydrogen-bond acceptors (Lipinski definition) is 6. The van der Waals surface area contributed by atoms with E-state index in [1.807, 2.05) is 48.5 Å². The maximum atomic E-state index is 5.00. The summed E-state index contributed by atoms with van der Waals surface area (Å²) in [5.41, 5.74) is 4.41. The van der Waals surface area contributed by atoms with E-state index >= 15 is 0 Å². The summed E-state index contributed by atoms with van der Waals surface area (Å²) in [4.78, 5) is 21.6. The number of pyridine rings is 1. The summed E-state index contributed by atoms with van der Waals surface area (Å²) >= 11 is 0. The summed E-state index contributed by atoms with van der Waals surface area (Å²) in [5, 5.41) is 7.64. The highest BCUT2D eigenvalue weighted by atomic mass is 15.2. The van der Waals surface area contributed by atoms with Crippen molar-refractivity contribution in [3.63, 3.8) is 0 Å². The van der Waals surface area contributed by atoms with E-state index in [4.69, 9.17) is 15.0 Å². The fraction of sp³-hybridized carbons (Fsp3) is 0.320. The van der Waals surface area contributed by atoms with Gasteiger partial charge in [0.25, 0.3) is 0 Å². The maximum Gasteiger partial charge on any atom is 0.181 e. The molecule has 1 fully saturated rings. The Bertz CT molecular complexity index is 1210. The van der Waals surface area contributed by atoms with Crippen molar-refractivity contribution in [2.45, 2.75) is 38.0 Å². The second kappa shape index (κ2) is 8.15. The van der Waals surface area contributed by atoms with Gasteiger partial charge in [0.2, 0.25) is 0 Å². The van der Waals surface area contributed by atoms with Crippen molar-refractivity contribution in [2.24, 2.45) is 0 Å². The number of aryl methyl sites for hydroxylation is 1.